The van der Waals surface area contributed by atoms with E-state index in [0.717, 1.165) is 29.3 Å². The van der Waals surface area contributed by atoms with Crippen LogP contribution in [0.3, 0.4) is 0 Å². The summed E-state index contributed by atoms with van der Waals surface area (Å²) in [7, 11) is -0.797. The van der Waals surface area contributed by atoms with Crippen LogP contribution in [0.2, 0.25) is 0 Å². The molecule has 2 fully saturated rings. The Morgan fingerprint density at radius 1 is 1.09 bits per heavy atom. The number of nitrogens with zero attached hydrogens (tertiary/aromatic N) is 4. The minimum absolute atomic E-state index is 0.0261. The maximum absolute atomic E-state index is 15.0. The maximum atomic E-state index is 15.0. The number of fused-ring (bicyclic) bond motifs is 3. The van der Waals surface area contributed by atoms with E-state index in [4.69, 9.17) is 19.4 Å². The van der Waals surface area contributed by atoms with Crippen molar-refractivity contribution < 1.29 is 42.2 Å². The van der Waals surface area contributed by atoms with Gasteiger partial charge in [-0.05, 0) is 68.5 Å². The molecule has 0 spiro atoms. The molecule has 3 aromatic heterocycles. The molecular formula is C46H60N8O9S3. The summed E-state index contributed by atoms with van der Waals surface area (Å²) >= 11 is 2.55. The van der Waals surface area contributed by atoms with E-state index in [9.17, 15) is 32.7 Å². The Kier molecular flexibility index (Phi) is 14.6. The van der Waals surface area contributed by atoms with Crippen LogP contribution in [0.25, 0.3) is 22.3 Å². The first kappa shape index (κ1) is 48.6. The number of methoxy groups -OCH3 is 1. The normalized spacial score (nSPS) is 23.8. The first-order valence-electron chi connectivity index (χ1n) is 22.3. The van der Waals surface area contributed by atoms with E-state index in [2.05, 4.69) is 21.3 Å². The summed E-state index contributed by atoms with van der Waals surface area (Å²) in [5.74, 6) is -1.70. The molecule has 356 valence electrons. The van der Waals surface area contributed by atoms with E-state index >= 15 is 0 Å². The number of likely N-dealkylation sites (N-methyl/N-ethyl adjacent to an activating group) is 1. The van der Waals surface area contributed by atoms with Crippen molar-refractivity contribution in [1.29, 1.82) is 0 Å². The summed E-state index contributed by atoms with van der Waals surface area (Å²) in [5.41, 5.74) is -0.387. The van der Waals surface area contributed by atoms with Gasteiger partial charge in [-0.15, -0.1) is 22.7 Å². The maximum Gasteiger partial charge on any atom is 0.330 e. The number of amides is 4. The highest BCUT2D eigenvalue weighted by molar-refractivity contribution is 7.91. The van der Waals surface area contributed by atoms with Crippen LogP contribution in [0.1, 0.15) is 79.6 Å². The molecule has 5 N–H and O–H groups in total. The molecule has 1 aliphatic carbocycles. The Bertz CT molecular complexity index is 2560. The molecule has 20 heteroatoms. The Hall–Kier alpha value is -5.31. The van der Waals surface area contributed by atoms with Crippen LogP contribution in [0.4, 0.5) is 9.93 Å². The number of thiophene rings is 1. The third kappa shape index (κ3) is 10.9. The monoisotopic (exact) mass is 964 g/mol. The van der Waals surface area contributed by atoms with Gasteiger partial charge in [-0.1, -0.05) is 51.8 Å². The van der Waals surface area contributed by atoms with E-state index in [-0.39, 0.29) is 42.6 Å². The lowest BCUT2D eigenvalue weighted by atomic mass is 9.87. The first-order valence-corrected chi connectivity index (χ1v) is 25.5. The van der Waals surface area contributed by atoms with Gasteiger partial charge in [0.1, 0.15) is 45.1 Å². The van der Waals surface area contributed by atoms with E-state index in [0.29, 0.717) is 46.6 Å². The molecule has 1 saturated carbocycles. The Labute approximate surface area is 393 Å². The van der Waals surface area contributed by atoms with Gasteiger partial charge >= 0.3 is 12.0 Å². The number of sulfonamides is 1. The summed E-state index contributed by atoms with van der Waals surface area (Å²) in [6.07, 6.45) is 6.31. The number of carbonyl (C=O) groups is 4. The van der Waals surface area contributed by atoms with Crippen LogP contribution in [0.15, 0.2) is 63.5 Å². The van der Waals surface area contributed by atoms with Crippen molar-refractivity contribution in [3.8, 4) is 22.9 Å². The highest BCUT2D eigenvalue weighted by Gasteiger charge is 2.61. The third-order valence-corrected chi connectivity index (χ3v) is 16.3. The molecule has 1 saturated heterocycles. The summed E-state index contributed by atoms with van der Waals surface area (Å²) in [6.45, 7) is 9.62. The molecule has 66 heavy (non-hydrogen) atoms. The van der Waals surface area contributed by atoms with Crippen LogP contribution < -0.4 is 30.7 Å². The average molecular weight is 965 g/mol. The van der Waals surface area contributed by atoms with Crippen LogP contribution in [0.5, 0.6) is 11.5 Å². The number of pyridine rings is 1. The molecule has 4 aromatic rings. The second kappa shape index (κ2) is 19.9. The summed E-state index contributed by atoms with van der Waals surface area (Å²) in [5, 5.41) is 27.3. The van der Waals surface area contributed by atoms with E-state index in [1.807, 2.05) is 58.2 Å². The molecular weight excluding hydrogens is 905 g/mol. The molecule has 4 amide bonds. The summed E-state index contributed by atoms with van der Waals surface area (Å²) in [6, 6.07) is 6.97. The number of carboxylic acid groups (broad SMARTS) is 1. The average Bonchev–Trinajstić information content (AvgIpc) is 3.73. The quantitative estimate of drug-likeness (QED) is 0.0910. The van der Waals surface area contributed by atoms with E-state index in [1.165, 1.54) is 33.7 Å². The van der Waals surface area contributed by atoms with Gasteiger partial charge in [0, 0.05) is 60.9 Å². The fourth-order valence-electron chi connectivity index (χ4n) is 8.38. The number of thiazole rings is 1. The molecule has 5 heterocycles. The predicted octanol–water partition coefficient (Wildman–Crippen LogP) is 6.48. The first-order chi connectivity index (χ1) is 31.3. The number of hydrogen-bond acceptors (Lipinski definition) is 13. The molecule has 2 aliphatic heterocycles. The van der Waals surface area contributed by atoms with Gasteiger partial charge in [-0.3, -0.25) is 9.59 Å². The number of hydrogen-bond donors (Lipinski definition) is 5. The van der Waals surface area contributed by atoms with Gasteiger partial charge in [0.05, 0.1) is 24.9 Å². The molecule has 7 rings (SSSR count). The van der Waals surface area contributed by atoms with Gasteiger partial charge in [0.2, 0.25) is 11.8 Å². The summed E-state index contributed by atoms with van der Waals surface area (Å²) in [4.78, 5) is 67.2. The minimum atomic E-state index is -3.83. The van der Waals surface area contributed by atoms with Crippen LogP contribution in [-0.4, -0.2) is 120 Å². The number of aliphatic carboxylic acids is 1. The zero-order valence-corrected chi connectivity index (χ0v) is 40.8. The van der Waals surface area contributed by atoms with Gasteiger partial charge in [0.25, 0.3) is 10.0 Å². The van der Waals surface area contributed by atoms with Gasteiger partial charge < -0.3 is 40.7 Å². The Morgan fingerprint density at radius 2 is 1.88 bits per heavy atom. The van der Waals surface area contributed by atoms with E-state index in [1.54, 1.807) is 36.8 Å². The number of allylic oxidation sites excluding steroid dienone is 1. The highest BCUT2D eigenvalue weighted by atomic mass is 32.2. The number of urea groups is 1. The number of carbonyl (C=O) groups excluding carboxylic acids is 3. The topological polar surface area (TPSA) is 221 Å². The molecule has 6 atom stereocenters. The van der Waals surface area contributed by atoms with Crippen molar-refractivity contribution in [2.75, 3.05) is 32.6 Å². The lowest BCUT2D eigenvalue weighted by Crippen LogP contribution is -2.59. The number of anilines is 1. The van der Waals surface area contributed by atoms with E-state index < -0.39 is 74.9 Å². The predicted molar refractivity (Wildman–Crippen MR) is 254 cm³/mol. The molecule has 1 aromatic carbocycles. The summed E-state index contributed by atoms with van der Waals surface area (Å²) < 4.78 is 40.4. The zero-order chi connectivity index (χ0) is 47.6. The van der Waals surface area contributed by atoms with Crippen molar-refractivity contribution in [3.05, 3.63) is 59.3 Å². The lowest BCUT2D eigenvalue weighted by Gasteiger charge is -2.35. The molecule has 17 nitrogen and oxygen atoms in total. The molecule has 0 radical (unpaired) electrons. The zero-order valence-electron chi connectivity index (χ0n) is 38.3. The second-order valence-electron chi connectivity index (χ2n) is 18.7. The number of carboxylic acids is 1. The van der Waals surface area contributed by atoms with Crippen molar-refractivity contribution in [2.45, 2.75) is 120 Å². The Morgan fingerprint density at radius 3 is 2.58 bits per heavy atom. The third-order valence-electron chi connectivity index (χ3n) is 12.3. The van der Waals surface area contributed by atoms with Gasteiger partial charge in [-0.2, -0.15) is 4.31 Å². The smallest absolute Gasteiger partial charge is 0.330 e. The van der Waals surface area contributed by atoms with Crippen molar-refractivity contribution in [1.82, 2.24) is 35.1 Å². The number of nitrogens with one attached hydrogen (secondary N) is 4. The SMILES string of the molecule is COc1ccc2c(O[C@@H]3C[C@H]4C(=O)N[C@]5(C(=O)O)CC5/C=C\CCCCC[C@H](NC(=O)N[C@H](CN(C)S(=O)(=O)c5cccs5)C(C)(C)C)C(=O)N4C3)cc(-c3csc(NC(C)C)n3)nc2c1. The van der Waals surface area contributed by atoms with Gasteiger partial charge in [-0.25, -0.2) is 28.0 Å². The fraction of sp³-hybridized carbons (Fsp3) is 0.522. The second-order valence-corrected chi connectivity index (χ2v) is 22.7. The highest BCUT2D eigenvalue weighted by Crippen LogP contribution is 2.46. The van der Waals surface area contributed by atoms with Gasteiger partial charge in [0.15, 0.2) is 5.13 Å². The standard InChI is InChI=1S/C46H60N8O9S3/c1-27(2)47-44-50-35(26-65-44)34-22-37(31-18-17-29(62-7)20-33(31)48-34)63-30-21-36-40(55)52-46(42(57)58)23-28(46)14-11-9-8-10-12-15-32(41(56)54(36)24-30)49-43(59)51-38(45(3,4)5)25-53(6)66(60,61)39-16-13-19-64-39/h11,13-14,16-20,22,26-28,30,32,36,38H,8-10,12,15,21,23-25H2,1-7H3,(H,47,50)(H,52,55)(H,57,58)(H2,49,51,59)/b14-11-/t28?,30-,32+,36+,38-,46-/m1/s1. The van der Waals surface area contributed by atoms with Crippen LogP contribution in [0, 0.1) is 11.3 Å². The van der Waals surface area contributed by atoms with Crippen molar-refractivity contribution in [2.24, 2.45) is 11.3 Å². The minimum Gasteiger partial charge on any atom is -0.497 e. The Balaban J connectivity index is 1.18. The van der Waals surface area contributed by atoms with Crippen LogP contribution >= 0.6 is 22.7 Å². The molecule has 3 aliphatic rings. The molecule has 1 unspecified atom stereocenters. The fourth-order valence-corrected chi connectivity index (χ4v) is 11.6. The number of ether oxygens (including phenoxy) is 2. The lowest BCUT2D eigenvalue weighted by molar-refractivity contribution is -0.145. The number of rotatable bonds is 13. The number of aromatic nitrogens is 2. The van der Waals surface area contributed by atoms with Crippen molar-refractivity contribution >= 4 is 72.5 Å². The molecule has 0 bridgehead atoms. The largest absolute Gasteiger partial charge is 0.497 e. The van der Waals surface area contributed by atoms with Crippen LogP contribution in [-0.2, 0) is 24.4 Å². The van der Waals surface area contributed by atoms with Crippen molar-refractivity contribution in [3.63, 3.8) is 0 Å². The number of benzene rings is 1.